The van der Waals surface area contributed by atoms with Crippen LogP contribution >= 0.6 is 11.3 Å². The molecule has 1 aromatic heterocycles. The fourth-order valence-electron chi connectivity index (χ4n) is 4.33. The third-order valence-corrected chi connectivity index (χ3v) is 7.14. The van der Waals surface area contributed by atoms with E-state index in [0.717, 1.165) is 0 Å². The topological polar surface area (TPSA) is 133 Å². The van der Waals surface area contributed by atoms with Crippen LogP contribution in [0.1, 0.15) is 44.5 Å². The molecule has 2 N–H and O–H groups in total. The van der Waals surface area contributed by atoms with Crippen LogP contribution in [0.4, 0.5) is 11.4 Å². The zero-order valence-electron chi connectivity index (χ0n) is 19.9. The van der Waals surface area contributed by atoms with Crippen molar-refractivity contribution in [2.24, 2.45) is 0 Å². The molecule has 1 atom stereocenters. The molecule has 2 heterocycles. The quantitative estimate of drug-likeness (QED) is 0.338. The maximum Gasteiger partial charge on any atom is 0.305 e. The molecule has 192 valence electrons. The summed E-state index contributed by atoms with van der Waals surface area (Å²) >= 11 is 1.32. The van der Waals surface area contributed by atoms with E-state index in [4.69, 9.17) is 0 Å². The molecule has 3 aromatic rings. The highest BCUT2D eigenvalue weighted by molar-refractivity contribution is 7.10. The van der Waals surface area contributed by atoms with Gasteiger partial charge in [-0.3, -0.25) is 24.5 Å². The fourth-order valence-corrected chi connectivity index (χ4v) is 5.11. The molecule has 0 bridgehead atoms. The van der Waals surface area contributed by atoms with Crippen LogP contribution in [0.25, 0.3) is 0 Å². The summed E-state index contributed by atoms with van der Waals surface area (Å²) in [6, 6.07) is 16.0. The molecule has 2 amide bonds. The Morgan fingerprint density at radius 2 is 1.78 bits per heavy atom. The van der Waals surface area contributed by atoms with Gasteiger partial charge < -0.3 is 20.2 Å². The van der Waals surface area contributed by atoms with Crippen molar-refractivity contribution in [3.8, 4) is 0 Å². The monoisotopic (exact) mass is 522 g/mol. The van der Waals surface area contributed by atoms with Crippen molar-refractivity contribution in [3.63, 3.8) is 0 Å². The van der Waals surface area contributed by atoms with Gasteiger partial charge in [-0.2, -0.15) is 0 Å². The van der Waals surface area contributed by atoms with E-state index in [2.05, 4.69) is 5.32 Å². The summed E-state index contributed by atoms with van der Waals surface area (Å²) in [7, 11) is 0. The number of rotatable bonds is 8. The molecule has 1 aliphatic rings. The smallest absolute Gasteiger partial charge is 0.305 e. The van der Waals surface area contributed by atoms with Crippen LogP contribution < -0.4 is 10.2 Å². The third-order valence-electron chi connectivity index (χ3n) is 6.15. The number of carbonyl (C=O) groups excluding carboxylic acids is 2. The molecule has 37 heavy (non-hydrogen) atoms. The highest BCUT2D eigenvalue weighted by atomic mass is 32.1. The number of anilines is 1. The zero-order valence-corrected chi connectivity index (χ0v) is 20.7. The molecule has 10 nitrogen and oxygen atoms in total. The summed E-state index contributed by atoms with van der Waals surface area (Å²) in [5.74, 6) is -1.74. The van der Waals surface area contributed by atoms with Crippen molar-refractivity contribution in [1.82, 2.24) is 10.2 Å². The van der Waals surface area contributed by atoms with Gasteiger partial charge in [0.2, 0.25) is 0 Å². The lowest BCUT2D eigenvalue weighted by Crippen LogP contribution is -2.35. The lowest BCUT2D eigenvalue weighted by Gasteiger charge is -2.24. The van der Waals surface area contributed by atoms with E-state index in [-0.39, 0.29) is 23.6 Å². The minimum Gasteiger partial charge on any atom is -0.481 e. The number of nitrogens with one attached hydrogen (secondary N) is 1. The van der Waals surface area contributed by atoms with Crippen LogP contribution in [0, 0.1) is 10.1 Å². The van der Waals surface area contributed by atoms with E-state index in [0.29, 0.717) is 48.7 Å². The Morgan fingerprint density at radius 1 is 1.00 bits per heavy atom. The summed E-state index contributed by atoms with van der Waals surface area (Å²) in [5.41, 5.74) is 0.816. The molecule has 11 heteroatoms. The predicted molar refractivity (Wildman–Crippen MR) is 139 cm³/mol. The van der Waals surface area contributed by atoms with Gasteiger partial charge in [-0.25, -0.2) is 0 Å². The predicted octanol–water partition coefficient (Wildman–Crippen LogP) is 3.95. The first-order valence-corrected chi connectivity index (χ1v) is 12.6. The summed E-state index contributed by atoms with van der Waals surface area (Å²) in [5, 5.41) is 25.7. The van der Waals surface area contributed by atoms with E-state index >= 15 is 0 Å². The first-order chi connectivity index (χ1) is 17.8. The van der Waals surface area contributed by atoms with Crippen molar-refractivity contribution in [2.45, 2.75) is 18.9 Å². The van der Waals surface area contributed by atoms with Crippen LogP contribution in [0.5, 0.6) is 0 Å². The minimum atomic E-state index is -1.07. The van der Waals surface area contributed by atoms with Crippen molar-refractivity contribution in [1.29, 1.82) is 0 Å². The Labute approximate surface area is 217 Å². The number of carboxylic acids is 1. The normalized spacial score (nSPS) is 14.5. The van der Waals surface area contributed by atoms with E-state index < -0.39 is 22.8 Å². The fraction of sp³-hybridized carbons (Fsp3) is 0.269. The van der Waals surface area contributed by atoms with Gasteiger partial charge in [-0.1, -0.05) is 24.3 Å². The number of nitro groups is 1. The van der Waals surface area contributed by atoms with Crippen LogP contribution in [0.3, 0.4) is 0 Å². The molecule has 0 spiro atoms. The van der Waals surface area contributed by atoms with Gasteiger partial charge in [0.05, 0.1) is 17.4 Å². The minimum absolute atomic E-state index is 0.0677. The highest BCUT2D eigenvalue weighted by Crippen LogP contribution is 2.31. The maximum atomic E-state index is 12.9. The highest BCUT2D eigenvalue weighted by Gasteiger charge is 2.27. The number of carbonyl (C=O) groups is 3. The average molecular weight is 523 g/mol. The molecule has 0 aliphatic carbocycles. The molecule has 1 unspecified atom stereocenters. The van der Waals surface area contributed by atoms with Crippen LogP contribution in [-0.2, 0) is 4.79 Å². The lowest BCUT2D eigenvalue weighted by atomic mass is 10.1. The Hall–Kier alpha value is -4.25. The van der Waals surface area contributed by atoms with E-state index in [1.54, 1.807) is 40.6 Å². The second-order valence-electron chi connectivity index (χ2n) is 8.60. The molecule has 4 rings (SSSR count). The first kappa shape index (κ1) is 25.8. The maximum absolute atomic E-state index is 12.9. The second kappa shape index (κ2) is 11.7. The van der Waals surface area contributed by atoms with Crippen molar-refractivity contribution >= 4 is 40.5 Å². The molecule has 2 aromatic carbocycles. The average Bonchev–Trinajstić information content (AvgIpc) is 3.32. The van der Waals surface area contributed by atoms with Crippen LogP contribution in [-0.4, -0.2) is 58.9 Å². The summed E-state index contributed by atoms with van der Waals surface area (Å²) < 4.78 is 0. The molecule has 1 saturated heterocycles. The van der Waals surface area contributed by atoms with Crippen molar-refractivity contribution in [3.05, 3.63) is 92.2 Å². The van der Waals surface area contributed by atoms with Gasteiger partial charge >= 0.3 is 5.97 Å². The zero-order chi connectivity index (χ0) is 26.4. The number of hydrogen-bond donors (Lipinski definition) is 2. The SMILES string of the molecule is O=C(O)CC(NC(=O)c1ccc(N2CCCN(C(=O)c3ccccc3)CC2)c([N+](=O)[O-])c1)c1cccs1. The number of thiophene rings is 1. The molecule has 0 saturated carbocycles. The third kappa shape index (κ3) is 6.31. The summed E-state index contributed by atoms with van der Waals surface area (Å²) in [6.45, 7) is 1.87. The number of benzene rings is 2. The van der Waals surface area contributed by atoms with Gasteiger partial charge in [0.25, 0.3) is 17.5 Å². The van der Waals surface area contributed by atoms with Crippen LogP contribution in [0.15, 0.2) is 66.0 Å². The molecule has 1 fully saturated rings. The summed E-state index contributed by atoms with van der Waals surface area (Å²) in [4.78, 5) is 52.8. The van der Waals surface area contributed by atoms with E-state index in [9.17, 15) is 29.6 Å². The molecular weight excluding hydrogens is 496 g/mol. The Kier molecular flexibility index (Phi) is 8.14. The van der Waals surface area contributed by atoms with E-state index in [1.165, 1.54) is 23.5 Å². The number of hydrogen-bond acceptors (Lipinski definition) is 7. The number of nitro benzene ring substituents is 1. The second-order valence-corrected chi connectivity index (χ2v) is 9.58. The van der Waals surface area contributed by atoms with Gasteiger partial charge in [0, 0.05) is 48.2 Å². The molecule has 0 radical (unpaired) electrons. The summed E-state index contributed by atoms with van der Waals surface area (Å²) in [6.07, 6.45) is 0.327. The van der Waals surface area contributed by atoms with Crippen LogP contribution in [0.2, 0.25) is 0 Å². The molecular formula is C26H26N4O6S. The number of nitrogens with zero attached hydrogens (tertiary/aromatic N) is 3. The number of amides is 2. The lowest BCUT2D eigenvalue weighted by molar-refractivity contribution is -0.384. The Bertz CT molecular complexity index is 1280. The molecule has 1 aliphatic heterocycles. The van der Waals surface area contributed by atoms with Crippen molar-refractivity contribution < 1.29 is 24.4 Å². The van der Waals surface area contributed by atoms with Gasteiger partial charge in [-0.15, -0.1) is 11.3 Å². The largest absolute Gasteiger partial charge is 0.481 e. The standard InChI is InChI=1S/C26H26N4O6S/c31-24(32)17-20(23-8-4-15-37-23)27-25(33)19-9-10-21(22(16-19)30(35)36)28-11-5-12-29(14-13-28)26(34)18-6-2-1-3-7-18/h1-4,6-10,15-16,20H,5,11-14,17H2,(H,27,33)(H,31,32). The number of carboxylic acid groups (broad SMARTS) is 1. The van der Waals surface area contributed by atoms with Gasteiger partial charge in [0.15, 0.2) is 0 Å². The first-order valence-electron chi connectivity index (χ1n) is 11.8. The Balaban J connectivity index is 1.50. The van der Waals surface area contributed by atoms with E-state index in [1.807, 2.05) is 23.1 Å². The van der Waals surface area contributed by atoms with Gasteiger partial charge in [0.1, 0.15) is 5.69 Å². The van der Waals surface area contributed by atoms with Gasteiger partial charge in [-0.05, 0) is 42.1 Å². The number of aliphatic carboxylic acids is 1. The van der Waals surface area contributed by atoms with Crippen molar-refractivity contribution in [2.75, 3.05) is 31.1 Å². The Morgan fingerprint density at radius 3 is 2.46 bits per heavy atom.